The molecule has 0 saturated carbocycles. The van der Waals surface area contributed by atoms with Crippen LogP contribution in [0, 0.1) is 0 Å². The van der Waals surface area contributed by atoms with Crippen LogP contribution >= 0.6 is 0 Å². The SMILES string of the molecule is CC(C)(C)OC(=O)N1CC[C@H]1C(=O)n1nnc2ccccc21. The second-order valence-electron chi connectivity index (χ2n) is 6.31. The lowest BCUT2D eigenvalue weighted by Crippen LogP contribution is -2.57. The smallest absolute Gasteiger partial charge is 0.410 e. The van der Waals surface area contributed by atoms with Crippen molar-refractivity contribution in [1.82, 2.24) is 19.9 Å². The van der Waals surface area contributed by atoms with Gasteiger partial charge in [-0.1, -0.05) is 17.3 Å². The Morgan fingerprint density at radius 2 is 2.00 bits per heavy atom. The third-order valence-corrected chi connectivity index (χ3v) is 3.49. The summed E-state index contributed by atoms with van der Waals surface area (Å²) in [5, 5.41) is 7.87. The number of likely N-dealkylation sites (tertiary alicyclic amines) is 1. The van der Waals surface area contributed by atoms with Crippen LogP contribution in [0.1, 0.15) is 32.0 Å². The number of para-hydroxylation sites is 1. The molecule has 1 aliphatic heterocycles. The second-order valence-corrected chi connectivity index (χ2v) is 6.31. The summed E-state index contributed by atoms with van der Waals surface area (Å²) >= 11 is 0. The van der Waals surface area contributed by atoms with E-state index < -0.39 is 17.7 Å². The van der Waals surface area contributed by atoms with Gasteiger partial charge in [0, 0.05) is 6.54 Å². The van der Waals surface area contributed by atoms with Gasteiger partial charge in [-0.25, -0.2) is 4.79 Å². The van der Waals surface area contributed by atoms with E-state index in [9.17, 15) is 9.59 Å². The van der Waals surface area contributed by atoms with E-state index in [1.165, 1.54) is 9.58 Å². The number of amides is 1. The lowest BCUT2D eigenvalue weighted by molar-refractivity contribution is -0.00506. The van der Waals surface area contributed by atoms with Gasteiger partial charge in [0.15, 0.2) is 0 Å². The molecule has 2 aromatic rings. The molecule has 0 bridgehead atoms. The maximum Gasteiger partial charge on any atom is 0.410 e. The number of benzene rings is 1. The highest BCUT2D eigenvalue weighted by atomic mass is 16.6. The van der Waals surface area contributed by atoms with Crippen molar-refractivity contribution < 1.29 is 14.3 Å². The Morgan fingerprint density at radius 3 is 2.64 bits per heavy atom. The van der Waals surface area contributed by atoms with Crippen molar-refractivity contribution in [2.75, 3.05) is 6.54 Å². The average Bonchev–Trinajstić information content (AvgIpc) is 2.78. The van der Waals surface area contributed by atoms with Crippen molar-refractivity contribution in [2.24, 2.45) is 0 Å². The molecular weight excluding hydrogens is 284 g/mol. The molecule has 0 unspecified atom stereocenters. The number of rotatable bonds is 1. The van der Waals surface area contributed by atoms with Crippen molar-refractivity contribution in [1.29, 1.82) is 0 Å². The number of aromatic nitrogens is 3. The van der Waals surface area contributed by atoms with Crippen LogP contribution in [0.15, 0.2) is 24.3 Å². The molecule has 1 fully saturated rings. The number of carbonyl (C=O) groups is 2. The standard InChI is InChI=1S/C15H18N4O3/c1-15(2,3)22-14(21)18-9-8-12(18)13(20)19-11-7-5-4-6-10(11)16-17-19/h4-7,12H,8-9H2,1-3H3/t12-/m0/s1. The molecule has 1 aromatic heterocycles. The lowest BCUT2D eigenvalue weighted by atomic mass is 10.0. The zero-order valence-corrected chi connectivity index (χ0v) is 12.8. The minimum absolute atomic E-state index is 0.259. The maximum atomic E-state index is 12.6. The molecule has 3 rings (SSSR count). The fourth-order valence-electron chi connectivity index (χ4n) is 2.36. The van der Waals surface area contributed by atoms with Crippen molar-refractivity contribution >= 4 is 23.0 Å². The topological polar surface area (TPSA) is 77.3 Å². The van der Waals surface area contributed by atoms with Crippen molar-refractivity contribution in [3.63, 3.8) is 0 Å². The quantitative estimate of drug-likeness (QED) is 0.806. The Kier molecular flexibility index (Phi) is 3.35. The van der Waals surface area contributed by atoms with E-state index in [1.807, 2.05) is 12.1 Å². The summed E-state index contributed by atoms with van der Waals surface area (Å²) < 4.78 is 6.58. The fraction of sp³-hybridized carbons (Fsp3) is 0.467. The van der Waals surface area contributed by atoms with E-state index in [2.05, 4.69) is 10.3 Å². The summed E-state index contributed by atoms with van der Waals surface area (Å²) in [6, 6.07) is 6.69. The zero-order valence-electron chi connectivity index (χ0n) is 12.8. The van der Waals surface area contributed by atoms with Crippen LogP contribution in [0.4, 0.5) is 4.79 Å². The van der Waals surface area contributed by atoms with Crippen LogP contribution in [-0.4, -0.2) is 50.1 Å². The van der Waals surface area contributed by atoms with Gasteiger partial charge in [-0.2, -0.15) is 4.68 Å². The average molecular weight is 302 g/mol. The van der Waals surface area contributed by atoms with E-state index in [-0.39, 0.29) is 5.91 Å². The highest BCUT2D eigenvalue weighted by Crippen LogP contribution is 2.23. The first kappa shape index (κ1) is 14.5. The van der Waals surface area contributed by atoms with E-state index in [4.69, 9.17) is 4.74 Å². The van der Waals surface area contributed by atoms with Crippen LogP contribution in [0.5, 0.6) is 0 Å². The Labute approximate surface area is 127 Å². The van der Waals surface area contributed by atoms with E-state index in [0.29, 0.717) is 24.0 Å². The molecule has 0 spiro atoms. The zero-order chi connectivity index (χ0) is 15.9. The summed E-state index contributed by atoms with van der Waals surface area (Å²) in [7, 11) is 0. The summed E-state index contributed by atoms with van der Waals surface area (Å²) in [5.41, 5.74) is 0.711. The molecule has 0 aliphatic carbocycles. The largest absolute Gasteiger partial charge is 0.444 e. The van der Waals surface area contributed by atoms with Crippen LogP contribution in [0.25, 0.3) is 11.0 Å². The summed E-state index contributed by atoms with van der Waals surface area (Å²) in [4.78, 5) is 26.1. The Hall–Kier alpha value is -2.44. The summed E-state index contributed by atoms with van der Waals surface area (Å²) in [6.45, 7) is 5.91. The van der Waals surface area contributed by atoms with Crippen molar-refractivity contribution in [3.05, 3.63) is 24.3 Å². The minimum Gasteiger partial charge on any atom is -0.444 e. The fourth-order valence-corrected chi connectivity index (χ4v) is 2.36. The Morgan fingerprint density at radius 1 is 1.27 bits per heavy atom. The second kappa shape index (κ2) is 5.08. The number of hydrogen-bond donors (Lipinski definition) is 0. The monoisotopic (exact) mass is 302 g/mol. The molecule has 7 heteroatoms. The molecule has 1 aromatic carbocycles. The van der Waals surface area contributed by atoms with E-state index >= 15 is 0 Å². The van der Waals surface area contributed by atoms with Gasteiger partial charge in [0.05, 0.1) is 5.52 Å². The molecule has 1 atom stereocenters. The maximum absolute atomic E-state index is 12.6. The predicted molar refractivity (Wildman–Crippen MR) is 79.5 cm³/mol. The first-order valence-electron chi connectivity index (χ1n) is 7.21. The third-order valence-electron chi connectivity index (χ3n) is 3.49. The predicted octanol–water partition coefficient (Wildman–Crippen LogP) is 2.08. The number of ether oxygens (including phenoxy) is 1. The van der Waals surface area contributed by atoms with Gasteiger partial charge in [-0.05, 0) is 39.3 Å². The number of fused-ring (bicyclic) bond motifs is 1. The van der Waals surface area contributed by atoms with Crippen LogP contribution in [0.2, 0.25) is 0 Å². The van der Waals surface area contributed by atoms with E-state index in [0.717, 1.165) is 0 Å². The minimum atomic E-state index is -0.583. The van der Waals surface area contributed by atoms with E-state index in [1.54, 1.807) is 32.9 Å². The highest BCUT2D eigenvalue weighted by molar-refractivity contribution is 5.94. The first-order valence-corrected chi connectivity index (χ1v) is 7.21. The molecule has 0 N–H and O–H groups in total. The van der Waals surface area contributed by atoms with Gasteiger partial charge in [-0.15, -0.1) is 5.10 Å². The lowest BCUT2D eigenvalue weighted by Gasteiger charge is -2.39. The molecule has 2 heterocycles. The summed E-state index contributed by atoms with van der Waals surface area (Å²) in [5.74, 6) is -0.259. The molecule has 1 aliphatic rings. The van der Waals surface area contributed by atoms with Crippen LogP contribution in [-0.2, 0) is 4.74 Å². The number of nitrogens with zero attached hydrogens (tertiary/aromatic N) is 4. The van der Waals surface area contributed by atoms with Gasteiger partial charge < -0.3 is 4.74 Å². The Bertz CT molecular complexity index is 732. The van der Waals surface area contributed by atoms with Gasteiger partial charge in [0.2, 0.25) is 0 Å². The molecule has 116 valence electrons. The third kappa shape index (κ3) is 2.54. The van der Waals surface area contributed by atoms with Crippen LogP contribution in [0.3, 0.4) is 0 Å². The normalized spacial score (nSPS) is 18.1. The molecule has 1 amide bonds. The summed E-state index contributed by atoms with van der Waals surface area (Å²) in [6.07, 6.45) is 0.133. The van der Waals surface area contributed by atoms with Crippen molar-refractivity contribution in [3.8, 4) is 0 Å². The highest BCUT2D eigenvalue weighted by Gasteiger charge is 2.41. The molecule has 22 heavy (non-hydrogen) atoms. The number of carbonyl (C=O) groups excluding carboxylic acids is 2. The van der Waals surface area contributed by atoms with Crippen LogP contribution < -0.4 is 0 Å². The molecule has 1 saturated heterocycles. The molecule has 7 nitrogen and oxygen atoms in total. The van der Waals surface area contributed by atoms with Gasteiger partial charge >= 0.3 is 6.09 Å². The first-order chi connectivity index (χ1) is 10.4. The van der Waals surface area contributed by atoms with Gasteiger partial charge in [0.25, 0.3) is 5.91 Å². The molecular formula is C15H18N4O3. The van der Waals surface area contributed by atoms with Gasteiger partial charge in [0.1, 0.15) is 17.2 Å². The van der Waals surface area contributed by atoms with Crippen molar-refractivity contribution in [2.45, 2.75) is 38.8 Å². The Balaban J connectivity index is 1.79. The van der Waals surface area contributed by atoms with Gasteiger partial charge in [-0.3, -0.25) is 9.69 Å². The number of hydrogen-bond acceptors (Lipinski definition) is 5. The molecule has 0 radical (unpaired) electrons.